The van der Waals surface area contributed by atoms with Gasteiger partial charge in [-0.3, -0.25) is 9.69 Å². The molecule has 0 aliphatic heterocycles. The second kappa shape index (κ2) is 9.42. The topological polar surface area (TPSA) is 58.4 Å². The van der Waals surface area contributed by atoms with Crippen LogP contribution in [0.3, 0.4) is 0 Å². The number of hydrogen-bond acceptors (Lipinski definition) is 3. The number of rotatable bonds is 8. The van der Waals surface area contributed by atoms with Gasteiger partial charge in [0.25, 0.3) is 0 Å². The number of amides is 1. The molecule has 0 aromatic rings. The minimum atomic E-state index is 0.148. The van der Waals surface area contributed by atoms with E-state index in [1.807, 2.05) is 0 Å². The second-order valence-corrected chi connectivity index (χ2v) is 7.20. The first kappa shape index (κ1) is 18.4. The fourth-order valence-corrected chi connectivity index (χ4v) is 3.36. The number of hydrogen-bond donors (Lipinski definition) is 2. The summed E-state index contributed by atoms with van der Waals surface area (Å²) in [5.41, 5.74) is 5.88. The third kappa shape index (κ3) is 6.79. The number of carbonyl (C=O) groups is 1. The summed E-state index contributed by atoms with van der Waals surface area (Å²) in [6.45, 7) is 7.77. The molecule has 1 aliphatic carbocycles. The molecule has 1 saturated carbocycles. The van der Waals surface area contributed by atoms with Crippen molar-refractivity contribution in [2.24, 2.45) is 17.6 Å². The van der Waals surface area contributed by atoms with Crippen LogP contribution in [0.1, 0.15) is 59.3 Å². The Morgan fingerprint density at radius 2 is 1.90 bits per heavy atom. The maximum absolute atomic E-state index is 12.2. The molecule has 3 N–H and O–H groups in total. The standard InChI is InChI=1S/C17H35N3O/c1-13(2)9-10-14(3)19-17(21)12-20(4)16-8-6-5-7-15(16)11-18/h13-16H,5-12,18H2,1-4H3,(H,19,21). The van der Waals surface area contributed by atoms with E-state index in [9.17, 15) is 4.79 Å². The summed E-state index contributed by atoms with van der Waals surface area (Å²) in [7, 11) is 2.07. The van der Waals surface area contributed by atoms with E-state index < -0.39 is 0 Å². The van der Waals surface area contributed by atoms with E-state index in [1.165, 1.54) is 25.7 Å². The van der Waals surface area contributed by atoms with Crippen LogP contribution in [-0.2, 0) is 4.79 Å². The normalized spacial score (nSPS) is 24.3. The summed E-state index contributed by atoms with van der Waals surface area (Å²) >= 11 is 0. The molecule has 3 unspecified atom stereocenters. The SMILES string of the molecule is CC(C)CCC(C)NC(=O)CN(C)C1CCCCC1CN. The van der Waals surface area contributed by atoms with E-state index in [0.29, 0.717) is 24.4 Å². The van der Waals surface area contributed by atoms with Gasteiger partial charge in [-0.25, -0.2) is 0 Å². The van der Waals surface area contributed by atoms with Crippen LogP contribution < -0.4 is 11.1 Å². The average Bonchev–Trinajstić information content (AvgIpc) is 2.44. The second-order valence-electron chi connectivity index (χ2n) is 7.20. The van der Waals surface area contributed by atoms with Crippen LogP contribution >= 0.6 is 0 Å². The van der Waals surface area contributed by atoms with Gasteiger partial charge in [0.2, 0.25) is 5.91 Å². The summed E-state index contributed by atoms with van der Waals surface area (Å²) in [6, 6.07) is 0.741. The lowest BCUT2D eigenvalue weighted by Crippen LogP contribution is -2.48. The lowest BCUT2D eigenvalue weighted by atomic mass is 9.84. The number of carbonyl (C=O) groups excluding carboxylic acids is 1. The Balaban J connectivity index is 2.35. The highest BCUT2D eigenvalue weighted by atomic mass is 16.2. The molecule has 0 bridgehead atoms. The summed E-state index contributed by atoms with van der Waals surface area (Å²) < 4.78 is 0. The molecule has 0 radical (unpaired) electrons. The third-order valence-corrected chi connectivity index (χ3v) is 4.72. The van der Waals surface area contributed by atoms with Gasteiger partial charge in [0.15, 0.2) is 0 Å². The maximum Gasteiger partial charge on any atom is 0.234 e. The minimum Gasteiger partial charge on any atom is -0.353 e. The number of nitrogens with one attached hydrogen (secondary N) is 1. The quantitative estimate of drug-likeness (QED) is 0.723. The first-order valence-electron chi connectivity index (χ1n) is 8.63. The monoisotopic (exact) mass is 297 g/mol. The predicted octanol–water partition coefficient (Wildman–Crippen LogP) is 2.38. The van der Waals surface area contributed by atoms with Gasteiger partial charge in [0.1, 0.15) is 0 Å². The number of likely N-dealkylation sites (N-methyl/N-ethyl adjacent to an activating group) is 1. The lowest BCUT2D eigenvalue weighted by Gasteiger charge is -2.37. The third-order valence-electron chi connectivity index (χ3n) is 4.72. The van der Waals surface area contributed by atoms with Gasteiger partial charge < -0.3 is 11.1 Å². The molecule has 4 nitrogen and oxygen atoms in total. The molecule has 1 rings (SSSR count). The smallest absolute Gasteiger partial charge is 0.234 e. The van der Waals surface area contributed by atoms with Crippen LogP contribution in [0.4, 0.5) is 0 Å². The van der Waals surface area contributed by atoms with Crippen LogP contribution in [0.5, 0.6) is 0 Å². The van der Waals surface area contributed by atoms with Crippen LogP contribution in [0.15, 0.2) is 0 Å². The van der Waals surface area contributed by atoms with Gasteiger partial charge in [-0.2, -0.15) is 0 Å². The van der Waals surface area contributed by atoms with Gasteiger partial charge in [0, 0.05) is 12.1 Å². The van der Waals surface area contributed by atoms with Crippen molar-refractivity contribution < 1.29 is 4.79 Å². The first-order chi connectivity index (χ1) is 9.93. The summed E-state index contributed by atoms with van der Waals surface area (Å²) in [5, 5.41) is 3.13. The van der Waals surface area contributed by atoms with Crippen molar-refractivity contribution in [1.29, 1.82) is 0 Å². The van der Waals surface area contributed by atoms with Crippen molar-refractivity contribution in [3.05, 3.63) is 0 Å². The molecule has 0 saturated heterocycles. The molecular formula is C17H35N3O. The molecule has 1 aliphatic rings. The Hall–Kier alpha value is -0.610. The van der Waals surface area contributed by atoms with Crippen molar-refractivity contribution in [2.75, 3.05) is 20.1 Å². The zero-order chi connectivity index (χ0) is 15.8. The number of nitrogens with two attached hydrogens (primary N) is 1. The summed E-state index contributed by atoms with van der Waals surface area (Å²) in [6.07, 6.45) is 7.14. The van der Waals surface area contributed by atoms with Crippen molar-refractivity contribution in [2.45, 2.75) is 71.4 Å². The van der Waals surface area contributed by atoms with Crippen LogP contribution in [0, 0.1) is 11.8 Å². The maximum atomic E-state index is 12.2. The molecule has 0 spiro atoms. The fraction of sp³-hybridized carbons (Fsp3) is 0.941. The van der Waals surface area contributed by atoms with Gasteiger partial charge in [-0.05, 0) is 58.0 Å². The minimum absolute atomic E-state index is 0.148. The van der Waals surface area contributed by atoms with E-state index in [0.717, 1.165) is 19.4 Å². The van der Waals surface area contributed by atoms with Crippen LogP contribution in [-0.4, -0.2) is 43.0 Å². The molecule has 0 aromatic heterocycles. The summed E-state index contributed by atoms with van der Waals surface area (Å²) in [4.78, 5) is 14.4. The zero-order valence-corrected chi connectivity index (χ0v) is 14.4. The van der Waals surface area contributed by atoms with Crippen molar-refractivity contribution in [1.82, 2.24) is 10.2 Å². The average molecular weight is 297 g/mol. The number of nitrogens with zero attached hydrogens (tertiary/aromatic N) is 1. The Bertz CT molecular complexity index is 306. The van der Waals surface area contributed by atoms with Crippen molar-refractivity contribution in [3.63, 3.8) is 0 Å². The van der Waals surface area contributed by atoms with Crippen LogP contribution in [0.2, 0.25) is 0 Å². The predicted molar refractivity (Wildman–Crippen MR) is 89.1 cm³/mol. The molecule has 1 amide bonds. The van der Waals surface area contributed by atoms with Crippen molar-refractivity contribution >= 4 is 5.91 Å². The largest absolute Gasteiger partial charge is 0.353 e. The Morgan fingerprint density at radius 1 is 1.24 bits per heavy atom. The molecule has 1 fully saturated rings. The lowest BCUT2D eigenvalue weighted by molar-refractivity contribution is -0.123. The zero-order valence-electron chi connectivity index (χ0n) is 14.4. The van der Waals surface area contributed by atoms with Crippen LogP contribution in [0.25, 0.3) is 0 Å². The summed E-state index contributed by atoms with van der Waals surface area (Å²) in [5.74, 6) is 1.39. The molecule has 0 heterocycles. The highest BCUT2D eigenvalue weighted by Gasteiger charge is 2.28. The van der Waals surface area contributed by atoms with Gasteiger partial charge in [-0.15, -0.1) is 0 Å². The molecular weight excluding hydrogens is 262 g/mol. The molecule has 124 valence electrons. The molecule has 3 atom stereocenters. The van der Waals surface area contributed by atoms with Gasteiger partial charge in [-0.1, -0.05) is 26.7 Å². The highest BCUT2D eigenvalue weighted by molar-refractivity contribution is 5.78. The van der Waals surface area contributed by atoms with Gasteiger partial charge in [0.05, 0.1) is 6.54 Å². The first-order valence-corrected chi connectivity index (χ1v) is 8.63. The van der Waals surface area contributed by atoms with E-state index in [-0.39, 0.29) is 11.9 Å². The van der Waals surface area contributed by atoms with Crippen molar-refractivity contribution in [3.8, 4) is 0 Å². The molecule has 21 heavy (non-hydrogen) atoms. The Morgan fingerprint density at radius 3 is 2.52 bits per heavy atom. The Kier molecular flexibility index (Phi) is 8.27. The molecule has 0 aromatic carbocycles. The van der Waals surface area contributed by atoms with E-state index >= 15 is 0 Å². The van der Waals surface area contributed by atoms with E-state index in [2.05, 4.69) is 38.0 Å². The van der Waals surface area contributed by atoms with E-state index in [4.69, 9.17) is 5.73 Å². The Labute approximate surface area is 130 Å². The van der Waals surface area contributed by atoms with E-state index in [1.54, 1.807) is 0 Å². The highest BCUT2D eigenvalue weighted by Crippen LogP contribution is 2.26. The molecule has 4 heteroatoms. The van der Waals surface area contributed by atoms with Gasteiger partial charge >= 0.3 is 0 Å². The fourth-order valence-electron chi connectivity index (χ4n) is 3.36.